The first-order valence-electron chi connectivity index (χ1n) is 6.31. The Bertz CT molecular complexity index is 194. The second kappa shape index (κ2) is 5.55. The molecule has 2 unspecified atom stereocenters. The van der Waals surface area contributed by atoms with Crippen molar-refractivity contribution in [3.63, 3.8) is 0 Å². The smallest absolute Gasteiger partial charge is 0.0147 e. The van der Waals surface area contributed by atoms with E-state index in [1.807, 2.05) is 0 Å². The van der Waals surface area contributed by atoms with Crippen molar-refractivity contribution < 1.29 is 0 Å². The van der Waals surface area contributed by atoms with Crippen molar-refractivity contribution in [2.24, 2.45) is 5.92 Å². The number of rotatable bonds is 5. The lowest BCUT2D eigenvalue weighted by atomic mass is 10.1. The standard InChI is InChI=1S/C12H24N2S/c1-10(7-13-12-3-4-12)8-14-5-6-15-11(2)9-14/h10-13H,3-9H2,1-2H3. The minimum absolute atomic E-state index is 0.806. The lowest BCUT2D eigenvalue weighted by Gasteiger charge is -2.32. The van der Waals surface area contributed by atoms with Crippen molar-refractivity contribution >= 4 is 11.8 Å². The number of nitrogens with one attached hydrogen (secondary N) is 1. The molecule has 15 heavy (non-hydrogen) atoms. The summed E-state index contributed by atoms with van der Waals surface area (Å²) in [7, 11) is 0. The van der Waals surface area contributed by atoms with Crippen LogP contribution in [0.2, 0.25) is 0 Å². The van der Waals surface area contributed by atoms with Crippen LogP contribution in [0, 0.1) is 5.92 Å². The van der Waals surface area contributed by atoms with Crippen LogP contribution in [-0.4, -0.2) is 48.1 Å². The molecule has 2 fully saturated rings. The minimum Gasteiger partial charge on any atom is -0.314 e. The van der Waals surface area contributed by atoms with E-state index in [4.69, 9.17) is 0 Å². The van der Waals surface area contributed by atoms with Crippen LogP contribution in [0.1, 0.15) is 26.7 Å². The molecule has 2 aliphatic rings. The van der Waals surface area contributed by atoms with E-state index >= 15 is 0 Å². The third-order valence-electron chi connectivity index (χ3n) is 3.23. The summed E-state index contributed by atoms with van der Waals surface area (Å²) in [6, 6.07) is 0.864. The molecule has 88 valence electrons. The second-order valence-electron chi connectivity index (χ2n) is 5.23. The van der Waals surface area contributed by atoms with Gasteiger partial charge in [-0.25, -0.2) is 0 Å². The van der Waals surface area contributed by atoms with Crippen LogP contribution < -0.4 is 5.32 Å². The van der Waals surface area contributed by atoms with Crippen LogP contribution >= 0.6 is 11.8 Å². The molecule has 0 aromatic heterocycles. The van der Waals surface area contributed by atoms with Gasteiger partial charge >= 0.3 is 0 Å². The molecule has 1 saturated heterocycles. The van der Waals surface area contributed by atoms with E-state index in [-0.39, 0.29) is 0 Å². The quantitative estimate of drug-likeness (QED) is 0.772. The highest BCUT2D eigenvalue weighted by Gasteiger charge is 2.22. The topological polar surface area (TPSA) is 15.3 Å². The molecule has 1 aliphatic heterocycles. The summed E-state index contributed by atoms with van der Waals surface area (Å²) in [6.07, 6.45) is 2.81. The van der Waals surface area contributed by atoms with Gasteiger partial charge in [-0.3, -0.25) is 0 Å². The molecule has 0 aromatic carbocycles. The first-order valence-corrected chi connectivity index (χ1v) is 7.36. The molecule has 3 heteroatoms. The summed E-state index contributed by atoms with van der Waals surface area (Å²) in [6.45, 7) is 9.81. The Morgan fingerprint density at radius 3 is 2.93 bits per heavy atom. The van der Waals surface area contributed by atoms with Gasteiger partial charge in [0.1, 0.15) is 0 Å². The summed E-state index contributed by atoms with van der Waals surface area (Å²) < 4.78 is 0. The van der Waals surface area contributed by atoms with Crippen molar-refractivity contribution in [1.29, 1.82) is 0 Å². The predicted molar refractivity (Wildman–Crippen MR) is 68.5 cm³/mol. The molecule has 2 nitrogen and oxygen atoms in total. The molecular weight excluding hydrogens is 204 g/mol. The van der Waals surface area contributed by atoms with E-state index in [1.54, 1.807) is 0 Å². The lowest BCUT2D eigenvalue weighted by Crippen LogP contribution is -2.41. The van der Waals surface area contributed by atoms with Gasteiger partial charge < -0.3 is 10.2 Å². The average Bonchev–Trinajstić information content (AvgIpc) is 2.98. The Kier molecular flexibility index (Phi) is 4.35. The largest absolute Gasteiger partial charge is 0.314 e. The monoisotopic (exact) mass is 228 g/mol. The summed E-state index contributed by atoms with van der Waals surface area (Å²) >= 11 is 2.12. The first-order chi connectivity index (χ1) is 7.24. The molecule has 2 atom stereocenters. The fourth-order valence-electron chi connectivity index (χ4n) is 2.22. The highest BCUT2D eigenvalue weighted by Crippen LogP contribution is 2.20. The Hall–Kier alpha value is 0.270. The van der Waals surface area contributed by atoms with Crippen LogP contribution in [-0.2, 0) is 0 Å². The second-order valence-corrected chi connectivity index (χ2v) is 6.77. The highest BCUT2D eigenvalue weighted by molar-refractivity contribution is 7.99. The summed E-state index contributed by atoms with van der Waals surface area (Å²) in [5, 5.41) is 4.46. The maximum Gasteiger partial charge on any atom is 0.0147 e. The zero-order chi connectivity index (χ0) is 10.7. The first kappa shape index (κ1) is 11.7. The van der Waals surface area contributed by atoms with E-state index in [0.29, 0.717) is 0 Å². The molecule has 0 amide bonds. The summed E-state index contributed by atoms with van der Waals surface area (Å²) in [4.78, 5) is 2.64. The van der Waals surface area contributed by atoms with Gasteiger partial charge in [-0.1, -0.05) is 13.8 Å². The van der Waals surface area contributed by atoms with Gasteiger partial charge in [-0.05, 0) is 25.3 Å². The SMILES string of the molecule is CC(CNC1CC1)CN1CCSC(C)C1. The Balaban J connectivity index is 1.61. The third-order valence-corrected chi connectivity index (χ3v) is 4.36. The number of thioether (sulfide) groups is 1. The molecule has 0 spiro atoms. The number of hydrogen-bond donors (Lipinski definition) is 1. The van der Waals surface area contributed by atoms with Crippen LogP contribution in [0.4, 0.5) is 0 Å². The third kappa shape index (κ3) is 4.33. The van der Waals surface area contributed by atoms with E-state index in [9.17, 15) is 0 Å². The Morgan fingerprint density at radius 1 is 1.47 bits per heavy atom. The zero-order valence-corrected chi connectivity index (χ0v) is 10.9. The van der Waals surface area contributed by atoms with Gasteiger partial charge in [0.25, 0.3) is 0 Å². The molecule has 1 N–H and O–H groups in total. The van der Waals surface area contributed by atoms with Crippen molar-refractivity contribution in [2.75, 3.05) is 31.9 Å². The van der Waals surface area contributed by atoms with Crippen LogP contribution in [0.25, 0.3) is 0 Å². The van der Waals surface area contributed by atoms with Crippen molar-refractivity contribution in [3.05, 3.63) is 0 Å². The fourth-order valence-corrected chi connectivity index (χ4v) is 3.30. The van der Waals surface area contributed by atoms with E-state index in [2.05, 4.69) is 35.8 Å². The van der Waals surface area contributed by atoms with Crippen LogP contribution in [0.3, 0.4) is 0 Å². The predicted octanol–water partition coefficient (Wildman–Crippen LogP) is 1.81. The highest BCUT2D eigenvalue weighted by atomic mass is 32.2. The fraction of sp³-hybridized carbons (Fsp3) is 1.00. The van der Waals surface area contributed by atoms with Crippen molar-refractivity contribution in [3.8, 4) is 0 Å². The van der Waals surface area contributed by atoms with Gasteiger partial charge in [0, 0.05) is 36.7 Å². The van der Waals surface area contributed by atoms with Crippen LogP contribution in [0.15, 0.2) is 0 Å². The number of hydrogen-bond acceptors (Lipinski definition) is 3. The van der Waals surface area contributed by atoms with Crippen LogP contribution in [0.5, 0.6) is 0 Å². The zero-order valence-electron chi connectivity index (χ0n) is 10.0. The summed E-state index contributed by atoms with van der Waals surface area (Å²) in [5.74, 6) is 2.13. The van der Waals surface area contributed by atoms with E-state index in [1.165, 1.54) is 44.8 Å². The number of nitrogens with zero attached hydrogens (tertiary/aromatic N) is 1. The van der Waals surface area contributed by atoms with E-state index < -0.39 is 0 Å². The van der Waals surface area contributed by atoms with Crippen molar-refractivity contribution in [1.82, 2.24) is 10.2 Å². The Morgan fingerprint density at radius 2 is 2.27 bits per heavy atom. The van der Waals surface area contributed by atoms with Gasteiger partial charge in [0.2, 0.25) is 0 Å². The molecule has 1 saturated carbocycles. The molecular formula is C12H24N2S. The minimum atomic E-state index is 0.806. The van der Waals surface area contributed by atoms with Gasteiger partial charge in [-0.2, -0.15) is 11.8 Å². The molecule has 1 heterocycles. The molecule has 0 bridgehead atoms. The molecule has 1 aliphatic carbocycles. The Labute approximate surface area is 98.2 Å². The van der Waals surface area contributed by atoms with E-state index in [0.717, 1.165) is 17.2 Å². The summed E-state index contributed by atoms with van der Waals surface area (Å²) in [5.41, 5.74) is 0. The van der Waals surface area contributed by atoms with Gasteiger partial charge in [0.15, 0.2) is 0 Å². The van der Waals surface area contributed by atoms with Gasteiger partial charge in [0.05, 0.1) is 0 Å². The maximum atomic E-state index is 3.63. The van der Waals surface area contributed by atoms with Gasteiger partial charge in [-0.15, -0.1) is 0 Å². The van der Waals surface area contributed by atoms with Crippen molar-refractivity contribution in [2.45, 2.75) is 38.0 Å². The average molecular weight is 228 g/mol. The molecule has 0 aromatic rings. The molecule has 2 rings (SSSR count). The molecule has 0 radical (unpaired) electrons. The lowest BCUT2D eigenvalue weighted by molar-refractivity contribution is 0.244. The normalized spacial score (nSPS) is 30.4. The maximum absolute atomic E-state index is 3.63.